The molecule has 0 aromatic heterocycles. The molecule has 1 atom stereocenters. The van der Waals surface area contributed by atoms with Gasteiger partial charge in [-0.25, -0.2) is 13.2 Å². The zero-order valence-electron chi connectivity index (χ0n) is 11.4. The lowest BCUT2D eigenvalue weighted by Crippen LogP contribution is -2.33. The second kappa shape index (κ2) is 8.24. The van der Waals surface area contributed by atoms with Gasteiger partial charge in [0.05, 0.1) is 5.56 Å². The Morgan fingerprint density at radius 3 is 2.71 bits per heavy atom. The second-order valence-electron chi connectivity index (χ2n) is 4.98. The van der Waals surface area contributed by atoms with E-state index in [4.69, 9.17) is 0 Å². The van der Waals surface area contributed by atoms with E-state index in [0.717, 1.165) is 44.5 Å². The molecule has 1 aromatic carbocycles. The quantitative estimate of drug-likeness (QED) is 0.837. The summed E-state index contributed by atoms with van der Waals surface area (Å²) >= 11 is 0. The van der Waals surface area contributed by atoms with Crippen LogP contribution in [0.2, 0.25) is 0 Å². The Labute approximate surface area is 127 Å². The fraction of sp³-hybridized carbons (Fsp3) is 0.500. The Bertz CT molecular complexity index is 493. The van der Waals surface area contributed by atoms with Crippen molar-refractivity contribution >= 4 is 18.3 Å². The van der Waals surface area contributed by atoms with Crippen molar-refractivity contribution in [1.82, 2.24) is 10.6 Å². The maximum Gasteiger partial charge on any atom is 0.254 e. The smallest absolute Gasteiger partial charge is 0.254 e. The molecule has 1 aliphatic rings. The van der Waals surface area contributed by atoms with Gasteiger partial charge in [0.25, 0.3) is 5.91 Å². The molecule has 3 nitrogen and oxygen atoms in total. The highest BCUT2D eigenvalue weighted by atomic mass is 35.5. The normalized spacial score (nSPS) is 18.0. The number of carbonyl (C=O) groups is 1. The third-order valence-corrected chi connectivity index (χ3v) is 3.52. The summed E-state index contributed by atoms with van der Waals surface area (Å²) in [5, 5.41) is 5.80. The fourth-order valence-corrected chi connectivity index (χ4v) is 2.36. The van der Waals surface area contributed by atoms with Crippen LogP contribution >= 0.6 is 12.4 Å². The summed E-state index contributed by atoms with van der Waals surface area (Å²) in [7, 11) is 0. The summed E-state index contributed by atoms with van der Waals surface area (Å²) in [6, 6.07) is 1.70. The number of hydrogen-bond donors (Lipinski definition) is 2. The number of hydrogen-bond acceptors (Lipinski definition) is 2. The summed E-state index contributed by atoms with van der Waals surface area (Å²) in [5.41, 5.74) is -0.467. The van der Waals surface area contributed by atoms with Crippen molar-refractivity contribution in [1.29, 1.82) is 0 Å². The zero-order valence-corrected chi connectivity index (χ0v) is 12.2. The third-order valence-electron chi connectivity index (χ3n) is 3.52. The molecule has 1 unspecified atom stereocenters. The molecule has 1 fully saturated rings. The van der Waals surface area contributed by atoms with E-state index in [0.29, 0.717) is 12.5 Å². The van der Waals surface area contributed by atoms with E-state index in [2.05, 4.69) is 10.6 Å². The van der Waals surface area contributed by atoms with Crippen LogP contribution in [0.1, 0.15) is 29.6 Å². The van der Waals surface area contributed by atoms with Crippen LogP contribution in [0.25, 0.3) is 0 Å². The maximum absolute atomic E-state index is 13.4. The van der Waals surface area contributed by atoms with Crippen molar-refractivity contribution in [2.75, 3.05) is 19.6 Å². The number of nitrogens with one attached hydrogen (secondary N) is 2. The highest BCUT2D eigenvalue weighted by Gasteiger charge is 2.19. The molecule has 1 aromatic rings. The highest BCUT2D eigenvalue weighted by molar-refractivity contribution is 5.94. The predicted molar refractivity (Wildman–Crippen MR) is 76.1 cm³/mol. The van der Waals surface area contributed by atoms with E-state index in [1.807, 2.05) is 0 Å². The maximum atomic E-state index is 13.4. The van der Waals surface area contributed by atoms with E-state index in [9.17, 15) is 18.0 Å². The Kier molecular flexibility index (Phi) is 6.98. The van der Waals surface area contributed by atoms with Crippen LogP contribution in [-0.4, -0.2) is 25.5 Å². The summed E-state index contributed by atoms with van der Waals surface area (Å²) in [6.07, 6.45) is 2.99. The lowest BCUT2D eigenvalue weighted by molar-refractivity contribution is 0.0945. The van der Waals surface area contributed by atoms with Crippen molar-refractivity contribution in [3.05, 3.63) is 35.1 Å². The zero-order chi connectivity index (χ0) is 14.5. The SMILES string of the molecule is Cl.O=C(NCCC1CCCNC1)c1ccc(F)c(F)c1F. The number of halogens is 4. The Morgan fingerprint density at radius 2 is 2.05 bits per heavy atom. The van der Waals surface area contributed by atoms with E-state index >= 15 is 0 Å². The van der Waals surface area contributed by atoms with Crippen LogP contribution in [0.5, 0.6) is 0 Å². The largest absolute Gasteiger partial charge is 0.352 e. The number of amides is 1. The van der Waals surface area contributed by atoms with Gasteiger partial charge >= 0.3 is 0 Å². The van der Waals surface area contributed by atoms with Crippen LogP contribution in [-0.2, 0) is 0 Å². The second-order valence-corrected chi connectivity index (χ2v) is 4.98. The van der Waals surface area contributed by atoms with Gasteiger partial charge in [0.15, 0.2) is 17.5 Å². The number of piperidine rings is 1. The summed E-state index contributed by atoms with van der Waals surface area (Å²) < 4.78 is 39.2. The van der Waals surface area contributed by atoms with Gasteiger partial charge in [0.2, 0.25) is 0 Å². The van der Waals surface area contributed by atoms with E-state index in [-0.39, 0.29) is 12.4 Å². The van der Waals surface area contributed by atoms with Gasteiger partial charge in [-0.05, 0) is 50.4 Å². The molecule has 0 spiro atoms. The molecule has 0 aliphatic carbocycles. The monoisotopic (exact) mass is 322 g/mol. The van der Waals surface area contributed by atoms with Gasteiger partial charge in [-0.2, -0.15) is 0 Å². The van der Waals surface area contributed by atoms with Crippen LogP contribution in [0, 0.1) is 23.4 Å². The number of rotatable bonds is 4. The molecule has 0 bridgehead atoms. The molecule has 1 aliphatic heterocycles. The van der Waals surface area contributed by atoms with Crippen molar-refractivity contribution < 1.29 is 18.0 Å². The number of carbonyl (C=O) groups excluding carboxylic acids is 1. The molecule has 21 heavy (non-hydrogen) atoms. The molecule has 1 heterocycles. The molecule has 2 rings (SSSR count). The third kappa shape index (κ3) is 4.61. The average molecular weight is 323 g/mol. The van der Waals surface area contributed by atoms with Gasteiger partial charge in [-0.15, -0.1) is 12.4 Å². The lowest BCUT2D eigenvalue weighted by Gasteiger charge is -2.22. The average Bonchev–Trinajstić information content (AvgIpc) is 2.46. The molecule has 7 heteroatoms. The predicted octanol–water partition coefficient (Wildman–Crippen LogP) is 2.65. The first-order chi connectivity index (χ1) is 9.59. The molecule has 1 saturated heterocycles. The molecule has 0 radical (unpaired) electrons. The van der Waals surface area contributed by atoms with Crippen LogP contribution in [0.15, 0.2) is 12.1 Å². The van der Waals surface area contributed by atoms with E-state index in [1.54, 1.807) is 0 Å². The topological polar surface area (TPSA) is 41.1 Å². The van der Waals surface area contributed by atoms with Gasteiger partial charge in [0.1, 0.15) is 0 Å². The van der Waals surface area contributed by atoms with Crippen molar-refractivity contribution in [2.24, 2.45) is 5.92 Å². The van der Waals surface area contributed by atoms with Crippen LogP contribution in [0.3, 0.4) is 0 Å². The standard InChI is InChI=1S/C14H17F3N2O.ClH/c15-11-4-3-10(12(16)13(11)17)14(20)19-7-5-9-2-1-6-18-8-9;/h3-4,9,18H,1-2,5-8H2,(H,19,20);1H. The fourth-order valence-electron chi connectivity index (χ4n) is 2.36. The molecule has 118 valence electrons. The molecular formula is C14H18ClF3N2O. The molecule has 1 amide bonds. The summed E-state index contributed by atoms with van der Waals surface area (Å²) in [4.78, 5) is 11.7. The van der Waals surface area contributed by atoms with Crippen LogP contribution in [0.4, 0.5) is 13.2 Å². The molecule has 2 N–H and O–H groups in total. The van der Waals surface area contributed by atoms with Crippen molar-refractivity contribution in [3.8, 4) is 0 Å². The Balaban J connectivity index is 0.00000220. The summed E-state index contributed by atoms with van der Waals surface area (Å²) in [5.74, 6) is -4.59. The van der Waals surface area contributed by atoms with E-state index in [1.165, 1.54) is 0 Å². The van der Waals surface area contributed by atoms with Gasteiger partial charge in [-0.3, -0.25) is 4.79 Å². The van der Waals surface area contributed by atoms with Gasteiger partial charge in [-0.1, -0.05) is 0 Å². The minimum atomic E-state index is -1.62. The first-order valence-corrected chi connectivity index (χ1v) is 6.72. The van der Waals surface area contributed by atoms with Crippen molar-refractivity contribution in [3.63, 3.8) is 0 Å². The molecular weight excluding hydrogens is 305 g/mol. The van der Waals surface area contributed by atoms with Gasteiger partial charge in [0, 0.05) is 6.54 Å². The van der Waals surface area contributed by atoms with Crippen LogP contribution < -0.4 is 10.6 Å². The van der Waals surface area contributed by atoms with E-state index < -0.39 is 28.9 Å². The highest BCUT2D eigenvalue weighted by Crippen LogP contribution is 2.16. The Morgan fingerprint density at radius 1 is 1.29 bits per heavy atom. The minimum Gasteiger partial charge on any atom is -0.352 e. The van der Waals surface area contributed by atoms with Gasteiger partial charge < -0.3 is 10.6 Å². The summed E-state index contributed by atoms with van der Waals surface area (Å²) in [6.45, 7) is 2.32. The van der Waals surface area contributed by atoms with Crippen molar-refractivity contribution in [2.45, 2.75) is 19.3 Å². The number of benzene rings is 1. The first-order valence-electron chi connectivity index (χ1n) is 6.72. The lowest BCUT2D eigenvalue weighted by atomic mass is 9.96. The first kappa shape index (κ1) is 17.8. The molecule has 0 saturated carbocycles. The Hall–Kier alpha value is -1.27. The minimum absolute atomic E-state index is 0.